The smallest absolute Gasteiger partial charge is 0.270 e. The van der Waals surface area contributed by atoms with Gasteiger partial charge in [0.15, 0.2) is 0 Å². The Morgan fingerprint density at radius 2 is 2.23 bits per heavy atom. The van der Waals surface area contributed by atoms with Crippen LogP contribution in [0.1, 0.15) is 17.7 Å². The van der Waals surface area contributed by atoms with E-state index in [2.05, 4.69) is 4.98 Å². The fourth-order valence-corrected chi connectivity index (χ4v) is 0.978. The molecule has 0 saturated heterocycles. The fourth-order valence-electron chi connectivity index (χ4n) is 0.822. The number of nitriles is 1. The summed E-state index contributed by atoms with van der Waals surface area (Å²) < 4.78 is 24.5. The Morgan fingerprint density at radius 3 is 2.69 bits per heavy atom. The third kappa shape index (κ3) is 1.68. The van der Waals surface area contributed by atoms with E-state index in [9.17, 15) is 13.6 Å². The van der Waals surface area contributed by atoms with Crippen molar-refractivity contribution in [2.24, 2.45) is 0 Å². The molecule has 0 aliphatic carbocycles. The van der Waals surface area contributed by atoms with Crippen LogP contribution in [-0.2, 0) is 0 Å². The molecule has 6 heteroatoms. The van der Waals surface area contributed by atoms with E-state index in [0.717, 1.165) is 6.20 Å². The van der Waals surface area contributed by atoms with Gasteiger partial charge in [-0.05, 0) is 0 Å². The van der Waals surface area contributed by atoms with Crippen LogP contribution in [0.2, 0.25) is 5.02 Å². The zero-order valence-corrected chi connectivity index (χ0v) is 6.90. The molecule has 0 amide bonds. The van der Waals surface area contributed by atoms with E-state index in [0.29, 0.717) is 0 Å². The summed E-state index contributed by atoms with van der Waals surface area (Å²) in [6, 6.07) is 1.45. The van der Waals surface area contributed by atoms with Crippen molar-refractivity contribution in [3.05, 3.63) is 32.7 Å². The van der Waals surface area contributed by atoms with Crippen LogP contribution in [0, 0.1) is 11.3 Å². The molecular formula is C7H3ClF2N2O. The largest absolute Gasteiger partial charge is 0.351 e. The number of aromatic nitrogens is 1. The van der Waals surface area contributed by atoms with E-state index in [1.54, 1.807) is 0 Å². The van der Waals surface area contributed by atoms with Crippen molar-refractivity contribution in [2.45, 2.75) is 6.43 Å². The Bertz CT molecular complexity index is 421. The Hall–Kier alpha value is -1.41. The van der Waals surface area contributed by atoms with Crippen LogP contribution in [0.5, 0.6) is 0 Å². The molecule has 0 bridgehead atoms. The van der Waals surface area contributed by atoms with Crippen molar-refractivity contribution >= 4 is 11.6 Å². The third-order valence-electron chi connectivity index (χ3n) is 1.40. The molecular weight excluding hydrogens is 202 g/mol. The van der Waals surface area contributed by atoms with Crippen LogP contribution in [0.15, 0.2) is 11.0 Å². The standard InChI is InChI=1S/C7H3ClF2N2O/c8-3-2-12-4(1-11)5(6(3)13)7(9)10/h2,7H,(H,12,13). The Kier molecular flexibility index (Phi) is 2.63. The zero-order chi connectivity index (χ0) is 10.0. The molecule has 1 aromatic heterocycles. The minimum absolute atomic E-state index is 0.352. The van der Waals surface area contributed by atoms with Gasteiger partial charge in [0.2, 0.25) is 5.43 Å². The van der Waals surface area contributed by atoms with Gasteiger partial charge >= 0.3 is 0 Å². The highest BCUT2D eigenvalue weighted by Crippen LogP contribution is 2.18. The Balaban J connectivity index is 3.53. The van der Waals surface area contributed by atoms with Crippen LogP contribution in [0.3, 0.4) is 0 Å². The van der Waals surface area contributed by atoms with E-state index < -0.39 is 23.1 Å². The molecule has 0 aliphatic rings. The highest BCUT2D eigenvalue weighted by molar-refractivity contribution is 6.30. The van der Waals surface area contributed by atoms with Crippen LogP contribution in [0.4, 0.5) is 8.78 Å². The molecule has 68 valence electrons. The number of nitrogens with zero attached hydrogens (tertiary/aromatic N) is 1. The molecule has 1 heterocycles. The topological polar surface area (TPSA) is 56.6 Å². The van der Waals surface area contributed by atoms with Gasteiger partial charge < -0.3 is 4.98 Å². The number of H-pyrrole nitrogens is 1. The predicted molar refractivity (Wildman–Crippen MR) is 41.7 cm³/mol. The van der Waals surface area contributed by atoms with E-state index in [4.69, 9.17) is 16.9 Å². The van der Waals surface area contributed by atoms with Crippen LogP contribution < -0.4 is 5.43 Å². The first-order valence-electron chi connectivity index (χ1n) is 3.17. The van der Waals surface area contributed by atoms with Crippen molar-refractivity contribution in [1.29, 1.82) is 5.26 Å². The van der Waals surface area contributed by atoms with E-state index in [1.807, 2.05) is 0 Å². The summed E-state index contributed by atoms with van der Waals surface area (Å²) in [6.07, 6.45) is -1.99. The normalized spacial score (nSPS) is 10.1. The van der Waals surface area contributed by atoms with Gasteiger partial charge in [0, 0.05) is 6.20 Å². The van der Waals surface area contributed by atoms with Gasteiger partial charge in [-0.25, -0.2) is 8.78 Å². The van der Waals surface area contributed by atoms with Crippen molar-refractivity contribution in [1.82, 2.24) is 4.98 Å². The fraction of sp³-hybridized carbons (Fsp3) is 0.143. The van der Waals surface area contributed by atoms with Gasteiger partial charge in [-0.1, -0.05) is 11.6 Å². The SMILES string of the molecule is N#Cc1[nH]cc(Cl)c(=O)c1C(F)F. The molecule has 0 atom stereocenters. The number of aromatic amines is 1. The third-order valence-corrected chi connectivity index (χ3v) is 1.68. The van der Waals surface area contributed by atoms with Crippen molar-refractivity contribution in [2.75, 3.05) is 0 Å². The second-order valence-electron chi connectivity index (χ2n) is 2.17. The first-order valence-corrected chi connectivity index (χ1v) is 3.55. The van der Waals surface area contributed by atoms with E-state index in [-0.39, 0.29) is 5.02 Å². The monoisotopic (exact) mass is 204 g/mol. The first kappa shape index (κ1) is 9.68. The number of pyridine rings is 1. The summed E-state index contributed by atoms with van der Waals surface area (Å²) in [6.45, 7) is 0. The lowest BCUT2D eigenvalue weighted by Gasteiger charge is -2.00. The van der Waals surface area contributed by atoms with Crippen molar-refractivity contribution < 1.29 is 8.78 Å². The number of halogens is 3. The van der Waals surface area contributed by atoms with Gasteiger partial charge in [0.25, 0.3) is 6.43 Å². The summed E-state index contributed by atoms with van der Waals surface area (Å²) in [7, 11) is 0. The minimum Gasteiger partial charge on any atom is -0.351 e. The maximum absolute atomic E-state index is 12.2. The summed E-state index contributed by atoms with van der Waals surface area (Å²) in [5, 5.41) is 8.03. The maximum atomic E-state index is 12.2. The molecule has 0 spiro atoms. The number of rotatable bonds is 1. The van der Waals surface area contributed by atoms with Gasteiger partial charge in [0.1, 0.15) is 22.3 Å². The molecule has 13 heavy (non-hydrogen) atoms. The van der Waals surface area contributed by atoms with Crippen LogP contribution >= 0.6 is 11.6 Å². The highest BCUT2D eigenvalue weighted by Gasteiger charge is 2.19. The minimum atomic E-state index is -3.00. The molecule has 0 aromatic carbocycles. The molecule has 1 N–H and O–H groups in total. The second-order valence-corrected chi connectivity index (χ2v) is 2.57. The highest BCUT2D eigenvalue weighted by atomic mass is 35.5. The number of hydrogen-bond acceptors (Lipinski definition) is 2. The van der Waals surface area contributed by atoms with Gasteiger partial charge in [-0.2, -0.15) is 5.26 Å². The zero-order valence-electron chi connectivity index (χ0n) is 6.14. The summed E-state index contributed by atoms with van der Waals surface area (Å²) in [5.41, 5.74) is -2.34. The average molecular weight is 205 g/mol. The molecule has 0 saturated carbocycles. The number of hydrogen-bond donors (Lipinski definition) is 1. The summed E-state index contributed by atoms with van der Waals surface area (Å²) in [5.74, 6) is 0. The number of alkyl halides is 2. The molecule has 1 aromatic rings. The quantitative estimate of drug-likeness (QED) is 0.759. The van der Waals surface area contributed by atoms with Crippen LogP contribution in [0.25, 0.3) is 0 Å². The lowest BCUT2D eigenvalue weighted by Crippen LogP contribution is -2.13. The van der Waals surface area contributed by atoms with Crippen molar-refractivity contribution in [3.8, 4) is 6.07 Å². The number of nitrogens with one attached hydrogen (secondary N) is 1. The van der Waals surface area contributed by atoms with E-state index >= 15 is 0 Å². The summed E-state index contributed by atoms with van der Waals surface area (Å²) >= 11 is 5.30. The Morgan fingerprint density at radius 1 is 1.62 bits per heavy atom. The van der Waals surface area contributed by atoms with Gasteiger partial charge in [0.05, 0.1) is 0 Å². The summed E-state index contributed by atoms with van der Waals surface area (Å²) in [4.78, 5) is 13.2. The van der Waals surface area contributed by atoms with Crippen molar-refractivity contribution in [3.63, 3.8) is 0 Å². The van der Waals surface area contributed by atoms with Gasteiger partial charge in [-0.15, -0.1) is 0 Å². The van der Waals surface area contributed by atoms with E-state index in [1.165, 1.54) is 6.07 Å². The lowest BCUT2D eigenvalue weighted by molar-refractivity contribution is 0.149. The van der Waals surface area contributed by atoms with Crippen LogP contribution in [-0.4, -0.2) is 4.98 Å². The Labute approximate surface area is 76.6 Å². The second kappa shape index (κ2) is 3.54. The average Bonchev–Trinajstić information content (AvgIpc) is 2.08. The molecule has 0 fully saturated rings. The predicted octanol–water partition coefficient (Wildman–Crippen LogP) is 1.84. The van der Waals surface area contributed by atoms with Gasteiger partial charge in [-0.3, -0.25) is 4.79 Å². The molecule has 1 rings (SSSR count). The first-order chi connectivity index (χ1) is 6.07. The molecule has 3 nitrogen and oxygen atoms in total. The lowest BCUT2D eigenvalue weighted by atomic mass is 10.2. The molecule has 0 radical (unpaired) electrons. The maximum Gasteiger partial charge on any atom is 0.270 e. The molecule has 0 aliphatic heterocycles. The molecule has 0 unspecified atom stereocenters.